The van der Waals surface area contributed by atoms with Gasteiger partial charge in [-0.25, -0.2) is 9.78 Å². The van der Waals surface area contributed by atoms with Crippen LogP contribution in [0.25, 0.3) is 16.9 Å². The fourth-order valence-corrected chi connectivity index (χ4v) is 2.78. The number of nitrogens with zero attached hydrogens (tertiary/aromatic N) is 4. The number of ether oxygens (including phenoxy) is 1. The maximum atomic E-state index is 12.7. The monoisotopic (exact) mass is 347 g/mol. The summed E-state index contributed by atoms with van der Waals surface area (Å²) in [7, 11) is 1.63. The number of benzene rings is 1. The minimum atomic E-state index is -0.142. The van der Waals surface area contributed by atoms with Gasteiger partial charge in [-0.05, 0) is 29.8 Å². The first-order valence-corrected chi connectivity index (χ1v) is 8.11. The Bertz CT molecular complexity index is 1060. The molecule has 1 aromatic carbocycles. The smallest absolute Gasteiger partial charge is 0.334 e. The largest absolute Gasteiger partial charge is 0.497 e. The number of H-pyrrole nitrogens is 1. The predicted molar refractivity (Wildman–Crippen MR) is 97.5 cm³/mol. The van der Waals surface area contributed by atoms with E-state index in [1.807, 2.05) is 36.4 Å². The van der Waals surface area contributed by atoms with Crippen LogP contribution < -0.4 is 10.4 Å². The third-order valence-corrected chi connectivity index (χ3v) is 4.16. The highest BCUT2D eigenvalue weighted by Crippen LogP contribution is 2.17. The molecule has 3 aromatic heterocycles. The molecule has 130 valence electrons. The van der Waals surface area contributed by atoms with Gasteiger partial charge in [0.15, 0.2) is 0 Å². The summed E-state index contributed by atoms with van der Waals surface area (Å²) < 4.78 is 8.40. The number of aromatic nitrogens is 5. The molecule has 4 aromatic rings. The molecule has 1 N–H and O–H groups in total. The molecule has 0 aliphatic rings. The Kier molecular flexibility index (Phi) is 4.10. The number of aromatic amines is 1. The molecule has 0 saturated carbocycles. The van der Waals surface area contributed by atoms with Gasteiger partial charge in [-0.3, -0.25) is 14.2 Å². The molecule has 0 amide bonds. The summed E-state index contributed by atoms with van der Waals surface area (Å²) in [6, 6.07) is 11.4. The molecule has 0 fully saturated rings. The zero-order chi connectivity index (χ0) is 17.9. The summed E-state index contributed by atoms with van der Waals surface area (Å²) >= 11 is 0. The minimum Gasteiger partial charge on any atom is -0.497 e. The molecule has 0 saturated heterocycles. The summed E-state index contributed by atoms with van der Waals surface area (Å²) in [4.78, 5) is 17.1. The van der Waals surface area contributed by atoms with Gasteiger partial charge in [-0.2, -0.15) is 5.10 Å². The zero-order valence-corrected chi connectivity index (χ0v) is 14.2. The first-order valence-electron chi connectivity index (χ1n) is 8.11. The minimum absolute atomic E-state index is 0.142. The van der Waals surface area contributed by atoms with Gasteiger partial charge in [0.2, 0.25) is 0 Å². The standard InChI is InChI=1S/C19H17N5O2/c1-26-17-4-2-3-14(9-17)13-23-7-8-24(19(23)25)18-6-5-15(10-20-18)16-11-21-22-12-16/h2-12H,13H2,1H3,(H,21,22). The van der Waals surface area contributed by atoms with Crippen LogP contribution in [-0.2, 0) is 6.54 Å². The Balaban J connectivity index is 1.60. The first kappa shape index (κ1) is 15.9. The molecule has 0 aliphatic heterocycles. The van der Waals surface area contributed by atoms with E-state index in [1.165, 1.54) is 4.57 Å². The van der Waals surface area contributed by atoms with Crippen molar-refractivity contribution in [2.24, 2.45) is 0 Å². The highest BCUT2D eigenvalue weighted by Gasteiger charge is 2.08. The number of hydrogen-bond donors (Lipinski definition) is 1. The van der Waals surface area contributed by atoms with E-state index in [-0.39, 0.29) is 5.69 Å². The van der Waals surface area contributed by atoms with E-state index in [2.05, 4.69) is 15.2 Å². The van der Waals surface area contributed by atoms with Crippen LogP contribution in [0.2, 0.25) is 0 Å². The average Bonchev–Trinajstić information content (AvgIpc) is 3.33. The van der Waals surface area contributed by atoms with E-state index in [0.29, 0.717) is 12.4 Å². The summed E-state index contributed by atoms with van der Waals surface area (Å²) in [5, 5.41) is 6.70. The number of hydrogen-bond acceptors (Lipinski definition) is 4. The summed E-state index contributed by atoms with van der Waals surface area (Å²) in [6.07, 6.45) is 8.74. The molecule has 0 unspecified atom stereocenters. The molecule has 0 atom stereocenters. The van der Waals surface area contributed by atoms with Crippen molar-refractivity contribution in [3.63, 3.8) is 0 Å². The topological polar surface area (TPSA) is 77.7 Å². The van der Waals surface area contributed by atoms with Crippen molar-refractivity contribution in [3.05, 3.63) is 83.4 Å². The van der Waals surface area contributed by atoms with Crippen LogP contribution in [0.3, 0.4) is 0 Å². The van der Waals surface area contributed by atoms with Crippen molar-refractivity contribution < 1.29 is 4.74 Å². The maximum Gasteiger partial charge on any atom is 0.334 e. The Labute approximate surface area is 149 Å². The second-order valence-electron chi connectivity index (χ2n) is 5.82. The third-order valence-electron chi connectivity index (χ3n) is 4.16. The molecule has 7 heteroatoms. The molecule has 7 nitrogen and oxygen atoms in total. The van der Waals surface area contributed by atoms with Gasteiger partial charge < -0.3 is 4.74 Å². The van der Waals surface area contributed by atoms with Gasteiger partial charge in [0, 0.05) is 35.9 Å². The summed E-state index contributed by atoms with van der Waals surface area (Å²) in [5.74, 6) is 1.35. The zero-order valence-electron chi connectivity index (χ0n) is 14.2. The van der Waals surface area contributed by atoms with Crippen LogP contribution in [0.4, 0.5) is 0 Å². The quantitative estimate of drug-likeness (QED) is 0.602. The van der Waals surface area contributed by atoms with Crippen LogP contribution in [0.15, 0.2) is 72.2 Å². The number of imidazole rings is 1. The SMILES string of the molecule is COc1cccc(Cn2ccn(-c3ccc(-c4cn[nH]c4)cn3)c2=O)c1. The van der Waals surface area contributed by atoms with Crippen molar-refractivity contribution in [2.75, 3.05) is 7.11 Å². The fourth-order valence-electron chi connectivity index (χ4n) is 2.78. The fraction of sp³-hybridized carbons (Fsp3) is 0.105. The molecular weight excluding hydrogens is 330 g/mol. The Hall–Kier alpha value is -3.61. The molecule has 4 rings (SSSR count). The molecule has 0 radical (unpaired) electrons. The van der Waals surface area contributed by atoms with E-state index >= 15 is 0 Å². The van der Waals surface area contributed by atoms with Crippen molar-refractivity contribution in [2.45, 2.75) is 6.54 Å². The lowest BCUT2D eigenvalue weighted by Crippen LogP contribution is -2.23. The van der Waals surface area contributed by atoms with Gasteiger partial charge in [0.05, 0.1) is 19.9 Å². The van der Waals surface area contributed by atoms with E-state index < -0.39 is 0 Å². The number of rotatable bonds is 5. The van der Waals surface area contributed by atoms with Gasteiger partial charge in [0.1, 0.15) is 11.6 Å². The second kappa shape index (κ2) is 6.72. The Morgan fingerprint density at radius 2 is 2.04 bits per heavy atom. The molecule has 0 spiro atoms. The Morgan fingerprint density at radius 3 is 2.77 bits per heavy atom. The molecular formula is C19H17N5O2. The van der Waals surface area contributed by atoms with Crippen molar-refractivity contribution >= 4 is 0 Å². The number of pyridine rings is 1. The van der Waals surface area contributed by atoms with Gasteiger partial charge >= 0.3 is 5.69 Å². The van der Waals surface area contributed by atoms with Crippen LogP contribution >= 0.6 is 0 Å². The van der Waals surface area contributed by atoms with E-state index in [9.17, 15) is 4.79 Å². The van der Waals surface area contributed by atoms with Crippen LogP contribution in [0, 0.1) is 0 Å². The lowest BCUT2D eigenvalue weighted by atomic mass is 10.2. The van der Waals surface area contributed by atoms with Gasteiger partial charge in [-0.15, -0.1) is 0 Å². The number of methoxy groups -OCH3 is 1. The van der Waals surface area contributed by atoms with Crippen molar-refractivity contribution in [3.8, 4) is 22.7 Å². The average molecular weight is 347 g/mol. The molecule has 26 heavy (non-hydrogen) atoms. The summed E-state index contributed by atoms with van der Waals surface area (Å²) in [5.41, 5.74) is 2.74. The third kappa shape index (κ3) is 3.02. The number of nitrogens with one attached hydrogen (secondary N) is 1. The highest BCUT2D eigenvalue weighted by atomic mass is 16.5. The van der Waals surface area contributed by atoms with E-state index in [4.69, 9.17) is 4.74 Å². The molecule has 3 heterocycles. The van der Waals surface area contributed by atoms with Crippen molar-refractivity contribution in [1.29, 1.82) is 0 Å². The van der Waals surface area contributed by atoms with E-state index in [0.717, 1.165) is 22.4 Å². The normalized spacial score (nSPS) is 10.8. The molecule has 0 aliphatic carbocycles. The highest BCUT2D eigenvalue weighted by molar-refractivity contribution is 5.60. The molecule has 0 bridgehead atoms. The van der Waals surface area contributed by atoms with Crippen LogP contribution in [0.1, 0.15) is 5.56 Å². The van der Waals surface area contributed by atoms with E-state index in [1.54, 1.807) is 42.7 Å². The maximum absolute atomic E-state index is 12.7. The van der Waals surface area contributed by atoms with Gasteiger partial charge in [0.25, 0.3) is 0 Å². The first-order chi connectivity index (χ1) is 12.7. The lowest BCUT2D eigenvalue weighted by molar-refractivity contribution is 0.414. The lowest BCUT2D eigenvalue weighted by Gasteiger charge is -2.05. The van der Waals surface area contributed by atoms with Crippen molar-refractivity contribution in [1.82, 2.24) is 24.3 Å². The van der Waals surface area contributed by atoms with Crippen LogP contribution in [0.5, 0.6) is 5.75 Å². The predicted octanol–water partition coefficient (Wildman–Crippen LogP) is 2.48. The second-order valence-corrected chi connectivity index (χ2v) is 5.82. The van der Waals surface area contributed by atoms with Crippen LogP contribution in [-0.4, -0.2) is 31.4 Å². The van der Waals surface area contributed by atoms with Gasteiger partial charge in [-0.1, -0.05) is 12.1 Å². The summed E-state index contributed by atoms with van der Waals surface area (Å²) in [6.45, 7) is 0.468. The Morgan fingerprint density at radius 1 is 1.12 bits per heavy atom.